The highest BCUT2D eigenvalue weighted by Crippen LogP contribution is 2.13. The Labute approximate surface area is 90.5 Å². The zero-order chi connectivity index (χ0) is 11.1. The van der Waals surface area contributed by atoms with Gasteiger partial charge in [-0.15, -0.1) is 0 Å². The van der Waals surface area contributed by atoms with Crippen molar-refractivity contribution in [2.75, 3.05) is 21.1 Å². The lowest BCUT2D eigenvalue weighted by atomic mass is 10.1. The summed E-state index contributed by atoms with van der Waals surface area (Å²) < 4.78 is 0. The van der Waals surface area contributed by atoms with E-state index in [1.54, 1.807) is 19.4 Å². The molecule has 1 aromatic rings. The van der Waals surface area contributed by atoms with Crippen LogP contribution in [-0.4, -0.2) is 36.9 Å². The van der Waals surface area contributed by atoms with Crippen LogP contribution < -0.4 is 0 Å². The normalized spacial score (nSPS) is 10.5. The molecule has 3 heteroatoms. The summed E-state index contributed by atoms with van der Waals surface area (Å²) >= 11 is 0. The SMILES string of the molecule is CN=C=CC(=CN(C)C)c1ccncc1. The van der Waals surface area contributed by atoms with E-state index in [-0.39, 0.29) is 0 Å². The largest absolute Gasteiger partial charge is 0.383 e. The molecule has 1 rings (SSSR count). The maximum absolute atomic E-state index is 3.99. The first-order valence-corrected chi connectivity index (χ1v) is 4.70. The fraction of sp³-hybridized carbons (Fsp3) is 0.250. The topological polar surface area (TPSA) is 28.5 Å². The second-order valence-corrected chi connectivity index (χ2v) is 3.28. The summed E-state index contributed by atoms with van der Waals surface area (Å²) in [7, 11) is 5.67. The summed E-state index contributed by atoms with van der Waals surface area (Å²) in [6.45, 7) is 0. The minimum Gasteiger partial charge on any atom is -0.383 e. The van der Waals surface area contributed by atoms with Crippen molar-refractivity contribution in [1.82, 2.24) is 9.88 Å². The Morgan fingerprint density at radius 3 is 2.60 bits per heavy atom. The van der Waals surface area contributed by atoms with Crippen LogP contribution in [0.3, 0.4) is 0 Å². The lowest BCUT2D eigenvalue weighted by Gasteiger charge is -2.08. The fourth-order valence-electron chi connectivity index (χ4n) is 1.15. The summed E-state index contributed by atoms with van der Waals surface area (Å²) in [6, 6.07) is 3.92. The average Bonchev–Trinajstić information content (AvgIpc) is 2.25. The Hall–Kier alpha value is -1.86. The Morgan fingerprint density at radius 1 is 1.40 bits per heavy atom. The zero-order valence-electron chi connectivity index (χ0n) is 9.31. The number of allylic oxidation sites excluding steroid dienone is 2. The van der Waals surface area contributed by atoms with Gasteiger partial charge >= 0.3 is 0 Å². The minimum absolute atomic E-state index is 1.06. The number of hydrogen-bond acceptors (Lipinski definition) is 3. The lowest BCUT2D eigenvalue weighted by molar-refractivity contribution is 0.566. The van der Waals surface area contributed by atoms with Crippen molar-refractivity contribution in [3.8, 4) is 0 Å². The van der Waals surface area contributed by atoms with Gasteiger partial charge in [-0.2, -0.15) is 0 Å². The molecule has 1 heterocycles. The van der Waals surface area contributed by atoms with Crippen molar-refractivity contribution in [3.05, 3.63) is 42.4 Å². The van der Waals surface area contributed by atoms with E-state index in [4.69, 9.17) is 0 Å². The third-order valence-corrected chi connectivity index (χ3v) is 1.76. The van der Waals surface area contributed by atoms with Gasteiger partial charge in [0.15, 0.2) is 0 Å². The number of rotatable bonds is 3. The van der Waals surface area contributed by atoms with Gasteiger partial charge in [0, 0.05) is 51.4 Å². The Kier molecular flexibility index (Phi) is 4.32. The molecule has 0 saturated carbocycles. The van der Waals surface area contributed by atoms with E-state index in [1.165, 1.54) is 0 Å². The molecular weight excluding hydrogens is 186 g/mol. The Bertz CT molecular complexity index is 385. The van der Waals surface area contributed by atoms with Crippen LogP contribution in [0.5, 0.6) is 0 Å². The van der Waals surface area contributed by atoms with Crippen LogP contribution in [0.15, 0.2) is 41.8 Å². The lowest BCUT2D eigenvalue weighted by Crippen LogP contribution is -2.02. The molecule has 78 valence electrons. The van der Waals surface area contributed by atoms with Crippen LogP contribution in [0.25, 0.3) is 5.57 Å². The molecule has 0 fully saturated rings. The van der Waals surface area contributed by atoms with Crippen molar-refractivity contribution < 1.29 is 0 Å². The summed E-state index contributed by atoms with van der Waals surface area (Å²) in [5.41, 5.74) is 2.17. The molecule has 15 heavy (non-hydrogen) atoms. The minimum atomic E-state index is 1.06. The highest BCUT2D eigenvalue weighted by Gasteiger charge is 1.97. The van der Waals surface area contributed by atoms with Gasteiger partial charge in [0.2, 0.25) is 0 Å². The van der Waals surface area contributed by atoms with E-state index in [0.717, 1.165) is 11.1 Å². The number of aliphatic imine (C=N–C) groups is 1. The molecule has 0 spiro atoms. The fourth-order valence-corrected chi connectivity index (χ4v) is 1.15. The maximum Gasteiger partial charge on any atom is 0.0372 e. The van der Waals surface area contributed by atoms with Crippen molar-refractivity contribution in [3.63, 3.8) is 0 Å². The smallest absolute Gasteiger partial charge is 0.0372 e. The molecule has 0 saturated heterocycles. The quantitative estimate of drug-likeness (QED) is 0.551. The maximum atomic E-state index is 3.99. The van der Waals surface area contributed by atoms with Gasteiger partial charge < -0.3 is 4.90 Å². The summed E-state index contributed by atoms with van der Waals surface area (Å²) in [5.74, 6) is 2.84. The van der Waals surface area contributed by atoms with Crippen LogP contribution >= 0.6 is 0 Å². The predicted molar refractivity (Wildman–Crippen MR) is 63.8 cm³/mol. The van der Waals surface area contributed by atoms with E-state index in [9.17, 15) is 0 Å². The summed E-state index contributed by atoms with van der Waals surface area (Å²) in [4.78, 5) is 9.81. The highest BCUT2D eigenvalue weighted by molar-refractivity contribution is 5.82. The monoisotopic (exact) mass is 201 g/mol. The second kappa shape index (κ2) is 5.78. The molecular formula is C12H15N3. The standard InChI is InChI=1S/C12H15N3/c1-13-7-4-12(10-15(2)3)11-5-8-14-9-6-11/h4-6,8-10H,1-3H3. The van der Waals surface area contributed by atoms with Crippen molar-refractivity contribution in [2.24, 2.45) is 4.99 Å². The van der Waals surface area contributed by atoms with Crippen molar-refractivity contribution >= 4 is 11.4 Å². The third kappa shape index (κ3) is 3.79. The van der Waals surface area contributed by atoms with Gasteiger partial charge in [0.05, 0.1) is 0 Å². The van der Waals surface area contributed by atoms with Gasteiger partial charge in [0.25, 0.3) is 0 Å². The molecule has 0 bridgehead atoms. The summed E-state index contributed by atoms with van der Waals surface area (Å²) in [5, 5.41) is 0. The Morgan fingerprint density at radius 2 is 2.07 bits per heavy atom. The molecule has 0 radical (unpaired) electrons. The first kappa shape index (κ1) is 11.2. The summed E-state index contributed by atoms with van der Waals surface area (Å²) in [6.07, 6.45) is 7.42. The molecule has 0 aromatic carbocycles. The molecule has 0 aliphatic rings. The number of hydrogen-bond donors (Lipinski definition) is 0. The van der Waals surface area contributed by atoms with E-state index in [2.05, 4.69) is 15.8 Å². The molecule has 3 nitrogen and oxygen atoms in total. The number of pyridine rings is 1. The van der Waals surface area contributed by atoms with E-state index in [0.29, 0.717) is 0 Å². The Balaban J connectivity index is 3.08. The van der Waals surface area contributed by atoms with Gasteiger partial charge in [-0.25, -0.2) is 4.99 Å². The van der Waals surface area contributed by atoms with E-state index >= 15 is 0 Å². The zero-order valence-corrected chi connectivity index (χ0v) is 9.31. The van der Waals surface area contributed by atoms with Crippen molar-refractivity contribution in [1.29, 1.82) is 0 Å². The number of nitrogens with zero attached hydrogens (tertiary/aromatic N) is 3. The van der Waals surface area contributed by atoms with Gasteiger partial charge in [-0.1, -0.05) is 0 Å². The van der Waals surface area contributed by atoms with Gasteiger partial charge in [0.1, 0.15) is 0 Å². The second-order valence-electron chi connectivity index (χ2n) is 3.28. The van der Waals surface area contributed by atoms with Gasteiger partial charge in [-0.05, 0) is 23.6 Å². The molecule has 0 atom stereocenters. The van der Waals surface area contributed by atoms with Crippen LogP contribution in [0.2, 0.25) is 0 Å². The first-order chi connectivity index (χ1) is 7.24. The molecule has 0 aliphatic heterocycles. The molecule has 0 N–H and O–H groups in total. The average molecular weight is 201 g/mol. The third-order valence-electron chi connectivity index (χ3n) is 1.76. The van der Waals surface area contributed by atoms with Gasteiger partial charge in [-0.3, -0.25) is 4.98 Å². The molecule has 0 unspecified atom stereocenters. The molecule has 1 aromatic heterocycles. The molecule has 0 aliphatic carbocycles. The molecule has 0 amide bonds. The van der Waals surface area contributed by atoms with Crippen molar-refractivity contribution in [2.45, 2.75) is 0 Å². The highest BCUT2D eigenvalue weighted by atomic mass is 15.0. The van der Waals surface area contributed by atoms with E-state index in [1.807, 2.05) is 43.4 Å². The first-order valence-electron chi connectivity index (χ1n) is 4.70. The van der Waals surface area contributed by atoms with Crippen LogP contribution in [-0.2, 0) is 0 Å². The number of aromatic nitrogens is 1. The van der Waals surface area contributed by atoms with Crippen LogP contribution in [0, 0.1) is 0 Å². The predicted octanol–water partition coefficient (Wildman–Crippen LogP) is 1.84. The van der Waals surface area contributed by atoms with Crippen LogP contribution in [0.4, 0.5) is 0 Å². The van der Waals surface area contributed by atoms with E-state index < -0.39 is 0 Å². The van der Waals surface area contributed by atoms with Crippen LogP contribution in [0.1, 0.15) is 5.56 Å².